The molecule has 0 spiro atoms. The molecule has 1 aromatic heterocycles. The molecule has 1 atom stereocenters. The van der Waals surface area contributed by atoms with Crippen molar-refractivity contribution < 1.29 is 13.6 Å². The lowest BCUT2D eigenvalue weighted by molar-refractivity contribution is -0.119. The number of thioether (sulfide) groups is 1. The quantitative estimate of drug-likeness (QED) is 0.632. The number of carbonyl (C=O) groups excluding carboxylic acids is 1. The fraction of sp³-hybridized carbons (Fsp3) is 0.250. The van der Waals surface area contributed by atoms with E-state index in [1.54, 1.807) is 6.92 Å². The number of amides is 1. The van der Waals surface area contributed by atoms with Crippen molar-refractivity contribution in [2.24, 2.45) is 7.05 Å². The van der Waals surface area contributed by atoms with E-state index in [0.717, 1.165) is 23.0 Å². The largest absolute Gasteiger partial charge is 0.349 e. The van der Waals surface area contributed by atoms with Crippen LogP contribution in [0.5, 0.6) is 0 Å². The molecule has 146 valence electrons. The SMILES string of the molecule is Cc1ccccc1-c1nnc(SCC(=O)N[C@H](C)c2ccc(F)cc2F)n1C. The van der Waals surface area contributed by atoms with Crippen molar-refractivity contribution in [2.45, 2.75) is 25.0 Å². The predicted octanol–water partition coefficient (Wildman–Crippen LogP) is 4.04. The summed E-state index contributed by atoms with van der Waals surface area (Å²) >= 11 is 1.24. The van der Waals surface area contributed by atoms with Crippen LogP contribution >= 0.6 is 11.8 Å². The Hall–Kier alpha value is -2.74. The third kappa shape index (κ3) is 4.39. The third-order valence-corrected chi connectivity index (χ3v) is 5.38. The molecule has 0 bridgehead atoms. The number of hydrogen-bond donors (Lipinski definition) is 1. The number of carbonyl (C=O) groups is 1. The van der Waals surface area contributed by atoms with Gasteiger partial charge in [0, 0.05) is 24.2 Å². The molecule has 8 heteroatoms. The Labute approximate surface area is 166 Å². The second-order valence-corrected chi connectivity index (χ2v) is 7.37. The first-order valence-corrected chi connectivity index (χ1v) is 9.68. The van der Waals surface area contributed by atoms with Gasteiger partial charge in [0.15, 0.2) is 11.0 Å². The van der Waals surface area contributed by atoms with Crippen LogP contribution in [0.1, 0.15) is 24.1 Å². The highest BCUT2D eigenvalue weighted by Gasteiger charge is 2.17. The van der Waals surface area contributed by atoms with E-state index < -0.39 is 17.7 Å². The smallest absolute Gasteiger partial charge is 0.230 e. The average Bonchev–Trinajstić information content (AvgIpc) is 3.00. The van der Waals surface area contributed by atoms with Gasteiger partial charge in [0.05, 0.1) is 11.8 Å². The molecule has 0 unspecified atom stereocenters. The van der Waals surface area contributed by atoms with Crippen LogP contribution in [0.4, 0.5) is 8.78 Å². The summed E-state index contributed by atoms with van der Waals surface area (Å²) in [5.41, 5.74) is 2.30. The maximum absolute atomic E-state index is 13.8. The van der Waals surface area contributed by atoms with Gasteiger partial charge in [-0.2, -0.15) is 0 Å². The molecule has 2 aromatic carbocycles. The van der Waals surface area contributed by atoms with Gasteiger partial charge < -0.3 is 9.88 Å². The summed E-state index contributed by atoms with van der Waals surface area (Å²) < 4.78 is 28.7. The Morgan fingerprint density at radius 1 is 1.21 bits per heavy atom. The summed E-state index contributed by atoms with van der Waals surface area (Å²) in [5, 5.41) is 11.7. The van der Waals surface area contributed by atoms with Crippen LogP contribution in [0.25, 0.3) is 11.4 Å². The highest BCUT2D eigenvalue weighted by atomic mass is 32.2. The molecule has 1 amide bonds. The number of halogens is 2. The fourth-order valence-corrected chi connectivity index (χ4v) is 3.56. The maximum Gasteiger partial charge on any atom is 0.230 e. The number of rotatable bonds is 6. The van der Waals surface area contributed by atoms with Gasteiger partial charge in [0.2, 0.25) is 5.91 Å². The van der Waals surface area contributed by atoms with E-state index in [-0.39, 0.29) is 17.2 Å². The van der Waals surface area contributed by atoms with Crippen molar-refractivity contribution in [1.82, 2.24) is 20.1 Å². The number of nitrogens with one attached hydrogen (secondary N) is 1. The van der Waals surface area contributed by atoms with Crippen molar-refractivity contribution in [1.29, 1.82) is 0 Å². The highest BCUT2D eigenvalue weighted by molar-refractivity contribution is 7.99. The molecule has 0 aliphatic carbocycles. The molecule has 5 nitrogen and oxygen atoms in total. The predicted molar refractivity (Wildman–Crippen MR) is 105 cm³/mol. The summed E-state index contributed by atoms with van der Waals surface area (Å²) in [5.74, 6) is -0.782. The average molecular weight is 402 g/mol. The number of benzene rings is 2. The minimum absolute atomic E-state index is 0.104. The topological polar surface area (TPSA) is 59.8 Å². The Morgan fingerprint density at radius 3 is 2.68 bits per heavy atom. The van der Waals surface area contributed by atoms with Gasteiger partial charge in [-0.05, 0) is 25.5 Å². The lowest BCUT2D eigenvalue weighted by atomic mass is 10.1. The summed E-state index contributed by atoms with van der Waals surface area (Å²) in [6, 6.07) is 10.6. The first kappa shape index (κ1) is 20.0. The molecule has 0 saturated carbocycles. The van der Waals surface area contributed by atoms with Crippen molar-refractivity contribution in [2.75, 3.05) is 5.75 Å². The molecule has 1 N–H and O–H groups in total. The van der Waals surface area contributed by atoms with Crippen LogP contribution < -0.4 is 5.32 Å². The number of aromatic nitrogens is 3. The Bertz CT molecular complexity index is 1010. The fourth-order valence-electron chi connectivity index (χ4n) is 2.84. The zero-order valence-electron chi connectivity index (χ0n) is 15.7. The maximum atomic E-state index is 13.8. The first-order valence-electron chi connectivity index (χ1n) is 8.69. The van der Waals surface area contributed by atoms with Crippen LogP contribution in [-0.2, 0) is 11.8 Å². The van der Waals surface area contributed by atoms with Crippen LogP contribution in [0.3, 0.4) is 0 Å². The van der Waals surface area contributed by atoms with E-state index in [1.165, 1.54) is 23.9 Å². The zero-order chi connectivity index (χ0) is 20.3. The van der Waals surface area contributed by atoms with E-state index in [9.17, 15) is 13.6 Å². The second-order valence-electron chi connectivity index (χ2n) is 6.42. The lowest BCUT2D eigenvalue weighted by Crippen LogP contribution is -2.28. The van der Waals surface area contributed by atoms with Crippen molar-refractivity contribution in [3.05, 3.63) is 65.2 Å². The molecule has 0 aliphatic heterocycles. The molecule has 3 rings (SSSR count). The summed E-state index contributed by atoms with van der Waals surface area (Å²) in [6.07, 6.45) is 0. The molecule has 28 heavy (non-hydrogen) atoms. The van der Waals surface area contributed by atoms with Crippen molar-refractivity contribution in [3.63, 3.8) is 0 Å². The molecule has 0 saturated heterocycles. The van der Waals surface area contributed by atoms with Crippen LogP contribution in [0.15, 0.2) is 47.6 Å². The molecule has 0 radical (unpaired) electrons. The molecular formula is C20H20F2N4OS. The highest BCUT2D eigenvalue weighted by Crippen LogP contribution is 2.25. The van der Waals surface area contributed by atoms with Gasteiger partial charge >= 0.3 is 0 Å². The van der Waals surface area contributed by atoms with Gasteiger partial charge in [0.1, 0.15) is 11.6 Å². The summed E-state index contributed by atoms with van der Waals surface area (Å²) in [6.45, 7) is 3.65. The van der Waals surface area contributed by atoms with E-state index in [0.29, 0.717) is 5.16 Å². The Balaban J connectivity index is 1.63. The standard InChI is InChI=1S/C20H20F2N4OS/c1-12-6-4-5-7-15(12)19-24-25-20(26(19)3)28-11-18(27)23-13(2)16-9-8-14(21)10-17(16)22/h4-10,13H,11H2,1-3H3,(H,23,27)/t13-/m1/s1. The summed E-state index contributed by atoms with van der Waals surface area (Å²) in [7, 11) is 1.85. The molecule has 1 heterocycles. The monoisotopic (exact) mass is 402 g/mol. The lowest BCUT2D eigenvalue weighted by Gasteiger charge is -2.15. The van der Waals surface area contributed by atoms with Crippen LogP contribution in [-0.4, -0.2) is 26.4 Å². The molecule has 0 fully saturated rings. The Kier molecular flexibility index (Phi) is 6.08. The zero-order valence-corrected chi connectivity index (χ0v) is 16.6. The molecule has 3 aromatic rings. The van der Waals surface area contributed by atoms with Crippen molar-refractivity contribution >= 4 is 17.7 Å². The normalized spacial score (nSPS) is 12.0. The summed E-state index contributed by atoms with van der Waals surface area (Å²) in [4.78, 5) is 12.2. The van der Waals surface area contributed by atoms with Crippen LogP contribution in [0.2, 0.25) is 0 Å². The Morgan fingerprint density at radius 2 is 1.96 bits per heavy atom. The van der Waals surface area contributed by atoms with Crippen molar-refractivity contribution in [3.8, 4) is 11.4 Å². The first-order chi connectivity index (χ1) is 13.4. The second kappa shape index (κ2) is 8.52. The molecule has 0 aliphatic rings. The number of hydrogen-bond acceptors (Lipinski definition) is 4. The van der Waals surface area contributed by atoms with Gasteiger partial charge in [-0.1, -0.05) is 42.1 Å². The van der Waals surface area contributed by atoms with Gasteiger partial charge in [-0.3, -0.25) is 4.79 Å². The van der Waals surface area contributed by atoms with E-state index in [4.69, 9.17) is 0 Å². The minimum Gasteiger partial charge on any atom is -0.349 e. The molecular weight excluding hydrogens is 382 g/mol. The van der Waals surface area contributed by atoms with Gasteiger partial charge in [-0.25, -0.2) is 8.78 Å². The number of nitrogens with zero attached hydrogens (tertiary/aromatic N) is 3. The van der Waals surface area contributed by atoms with E-state index in [2.05, 4.69) is 15.5 Å². The van der Waals surface area contributed by atoms with E-state index >= 15 is 0 Å². The van der Waals surface area contributed by atoms with Gasteiger partial charge in [0.25, 0.3) is 0 Å². The van der Waals surface area contributed by atoms with Crippen LogP contribution in [0, 0.1) is 18.6 Å². The van der Waals surface area contributed by atoms with Gasteiger partial charge in [-0.15, -0.1) is 10.2 Å². The van der Waals surface area contributed by atoms with E-state index in [1.807, 2.05) is 42.8 Å². The minimum atomic E-state index is -0.684. The third-order valence-electron chi connectivity index (χ3n) is 4.36. The number of aryl methyl sites for hydroxylation is 1.